The third kappa shape index (κ3) is 11.7. The lowest BCUT2D eigenvalue weighted by Gasteiger charge is -2.03. The van der Waals surface area contributed by atoms with E-state index in [0.717, 1.165) is 30.9 Å². The van der Waals surface area contributed by atoms with Crippen molar-refractivity contribution >= 4 is 17.7 Å². The predicted molar refractivity (Wildman–Crippen MR) is 64.9 cm³/mol. The van der Waals surface area contributed by atoms with Crippen LogP contribution in [0, 0.1) is 0 Å². The summed E-state index contributed by atoms with van der Waals surface area (Å²) in [6.45, 7) is 1.09. The van der Waals surface area contributed by atoms with Gasteiger partial charge in [-0.05, 0) is 18.6 Å². The van der Waals surface area contributed by atoms with E-state index in [1.165, 1.54) is 12.8 Å². The number of hydrogen-bond acceptors (Lipinski definition) is 4. The van der Waals surface area contributed by atoms with Crippen LogP contribution in [0.3, 0.4) is 0 Å². The molecule has 1 amide bonds. The molecule has 5 heteroatoms. The van der Waals surface area contributed by atoms with Gasteiger partial charge in [0.25, 0.3) is 0 Å². The topological polar surface area (TPSA) is 75.4 Å². The summed E-state index contributed by atoms with van der Waals surface area (Å²) in [5, 5.41) is 11.3. The van der Waals surface area contributed by atoms with Crippen molar-refractivity contribution in [2.24, 2.45) is 5.73 Å². The molecule has 0 fully saturated rings. The van der Waals surface area contributed by atoms with Crippen LogP contribution in [0.1, 0.15) is 25.7 Å². The van der Waals surface area contributed by atoms with Gasteiger partial charge >= 0.3 is 0 Å². The van der Waals surface area contributed by atoms with Crippen LogP contribution < -0.4 is 11.1 Å². The van der Waals surface area contributed by atoms with Crippen molar-refractivity contribution in [2.45, 2.75) is 25.7 Å². The summed E-state index contributed by atoms with van der Waals surface area (Å²) < 4.78 is 0. The van der Waals surface area contributed by atoms with Crippen LogP contribution in [0.2, 0.25) is 0 Å². The van der Waals surface area contributed by atoms with E-state index in [-0.39, 0.29) is 19.1 Å². The lowest BCUT2D eigenvalue weighted by molar-refractivity contribution is -0.119. The minimum absolute atomic E-state index is 0.0755. The molecule has 0 saturated carbocycles. The third-order valence-electron chi connectivity index (χ3n) is 1.96. The molecule has 0 aromatic rings. The van der Waals surface area contributed by atoms with Crippen LogP contribution in [0.4, 0.5) is 0 Å². The fourth-order valence-electron chi connectivity index (χ4n) is 1.15. The van der Waals surface area contributed by atoms with Crippen LogP contribution in [0.15, 0.2) is 0 Å². The molecule has 4 N–H and O–H groups in total. The first kappa shape index (κ1) is 14.7. The number of amides is 1. The van der Waals surface area contributed by atoms with Gasteiger partial charge in [0.1, 0.15) is 0 Å². The molecule has 0 bridgehead atoms. The predicted octanol–water partition coefficient (Wildman–Crippen LogP) is 0.347. The Morgan fingerprint density at radius 3 is 2.60 bits per heavy atom. The molecule has 0 aromatic heterocycles. The first-order chi connectivity index (χ1) is 7.31. The summed E-state index contributed by atoms with van der Waals surface area (Å²) in [5.74, 6) is 1.89. The summed E-state index contributed by atoms with van der Waals surface area (Å²) in [6.07, 6.45) is 4.55. The fourth-order valence-corrected chi connectivity index (χ4v) is 1.89. The standard InChI is InChI=1S/C10H22N2O2S/c11-9-10(14)12-5-3-1-2-4-7-15-8-6-13/h13H,1-9,11H2,(H,12,14). The highest BCUT2D eigenvalue weighted by Gasteiger charge is 1.95. The molecule has 0 unspecified atom stereocenters. The van der Waals surface area contributed by atoms with E-state index >= 15 is 0 Å². The Morgan fingerprint density at radius 1 is 1.20 bits per heavy atom. The molecular formula is C10H22N2O2S. The molecule has 0 rings (SSSR count). The second-order valence-electron chi connectivity index (χ2n) is 3.30. The van der Waals surface area contributed by atoms with E-state index in [0.29, 0.717) is 0 Å². The number of aliphatic hydroxyl groups excluding tert-OH is 1. The van der Waals surface area contributed by atoms with Crippen molar-refractivity contribution in [3.05, 3.63) is 0 Å². The molecule has 0 radical (unpaired) electrons. The fraction of sp³-hybridized carbons (Fsp3) is 0.900. The largest absolute Gasteiger partial charge is 0.396 e. The number of hydrogen-bond donors (Lipinski definition) is 3. The molecule has 0 spiro atoms. The number of nitrogens with one attached hydrogen (secondary N) is 1. The molecule has 0 heterocycles. The maximum atomic E-state index is 10.8. The third-order valence-corrected chi connectivity index (χ3v) is 3.01. The number of unbranched alkanes of at least 4 members (excludes halogenated alkanes) is 3. The van der Waals surface area contributed by atoms with E-state index in [1.54, 1.807) is 11.8 Å². The van der Waals surface area contributed by atoms with E-state index in [9.17, 15) is 4.79 Å². The number of carbonyl (C=O) groups excluding carboxylic acids is 1. The van der Waals surface area contributed by atoms with Gasteiger partial charge in [-0.3, -0.25) is 4.79 Å². The van der Waals surface area contributed by atoms with Crippen molar-refractivity contribution < 1.29 is 9.90 Å². The summed E-state index contributed by atoms with van der Waals surface area (Å²) in [6, 6.07) is 0. The summed E-state index contributed by atoms with van der Waals surface area (Å²) in [7, 11) is 0. The Kier molecular flexibility index (Phi) is 11.6. The number of aliphatic hydroxyl groups is 1. The van der Waals surface area contributed by atoms with E-state index in [4.69, 9.17) is 10.8 Å². The van der Waals surface area contributed by atoms with Gasteiger partial charge in [0.05, 0.1) is 13.2 Å². The van der Waals surface area contributed by atoms with Crippen LogP contribution in [0.25, 0.3) is 0 Å². The Morgan fingerprint density at radius 2 is 1.93 bits per heavy atom. The van der Waals surface area contributed by atoms with Crippen molar-refractivity contribution in [3.8, 4) is 0 Å². The summed E-state index contributed by atoms with van der Waals surface area (Å²) in [4.78, 5) is 10.8. The lowest BCUT2D eigenvalue weighted by atomic mass is 10.2. The normalized spacial score (nSPS) is 10.3. The first-order valence-corrected chi connectivity index (χ1v) is 6.62. The average Bonchev–Trinajstić information content (AvgIpc) is 2.26. The average molecular weight is 234 g/mol. The van der Waals surface area contributed by atoms with Gasteiger partial charge < -0.3 is 16.2 Å². The molecule has 0 aliphatic heterocycles. The lowest BCUT2D eigenvalue weighted by Crippen LogP contribution is -2.30. The van der Waals surface area contributed by atoms with E-state index in [1.807, 2.05) is 0 Å². The minimum Gasteiger partial charge on any atom is -0.396 e. The monoisotopic (exact) mass is 234 g/mol. The van der Waals surface area contributed by atoms with Gasteiger partial charge in [-0.25, -0.2) is 0 Å². The first-order valence-electron chi connectivity index (χ1n) is 5.46. The van der Waals surface area contributed by atoms with Gasteiger partial charge in [0.2, 0.25) is 5.91 Å². The van der Waals surface area contributed by atoms with Crippen molar-refractivity contribution in [1.29, 1.82) is 0 Å². The Labute approximate surface area is 96.0 Å². The maximum Gasteiger partial charge on any atom is 0.233 e. The quantitative estimate of drug-likeness (QED) is 0.477. The summed E-state index contributed by atoms with van der Waals surface area (Å²) in [5.41, 5.74) is 5.15. The molecule has 4 nitrogen and oxygen atoms in total. The van der Waals surface area contributed by atoms with Crippen molar-refractivity contribution in [3.63, 3.8) is 0 Å². The highest BCUT2D eigenvalue weighted by molar-refractivity contribution is 7.99. The number of carbonyl (C=O) groups is 1. The Hall–Kier alpha value is -0.260. The highest BCUT2D eigenvalue weighted by Crippen LogP contribution is 2.06. The number of nitrogens with two attached hydrogens (primary N) is 1. The Bertz CT molecular complexity index is 156. The molecular weight excluding hydrogens is 212 g/mol. The zero-order valence-electron chi connectivity index (χ0n) is 9.21. The van der Waals surface area contributed by atoms with Gasteiger partial charge in [-0.15, -0.1) is 0 Å². The second-order valence-corrected chi connectivity index (χ2v) is 4.53. The summed E-state index contributed by atoms with van der Waals surface area (Å²) >= 11 is 1.79. The van der Waals surface area contributed by atoms with E-state index in [2.05, 4.69) is 5.32 Å². The van der Waals surface area contributed by atoms with Gasteiger partial charge in [-0.1, -0.05) is 12.8 Å². The SMILES string of the molecule is NCC(=O)NCCCCCCSCCO. The smallest absolute Gasteiger partial charge is 0.233 e. The van der Waals surface area contributed by atoms with Crippen LogP contribution in [-0.2, 0) is 4.79 Å². The Balaban J connectivity index is 2.95. The molecule has 0 saturated heterocycles. The van der Waals surface area contributed by atoms with Crippen molar-refractivity contribution in [2.75, 3.05) is 31.2 Å². The maximum absolute atomic E-state index is 10.8. The van der Waals surface area contributed by atoms with Gasteiger partial charge in [-0.2, -0.15) is 11.8 Å². The highest BCUT2D eigenvalue weighted by atomic mass is 32.2. The van der Waals surface area contributed by atoms with Crippen LogP contribution in [-0.4, -0.2) is 42.2 Å². The second kappa shape index (κ2) is 11.8. The number of rotatable bonds is 10. The molecule has 0 atom stereocenters. The molecule has 90 valence electrons. The van der Waals surface area contributed by atoms with Gasteiger partial charge in [0.15, 0.2) is 0 Å². The van der Waals surface area contributed by atoms with Gasteiger partial charge in [0, 0.05) is 12.3 Å². The number of thioether (sulfide) groups is 1. The minimum atomic E-state index is -0.0755. The zero-order valence-corrected chi connectivity index (χ0v) is 10.0. The molecule has 15 heavy (non-hydrogen) atoms. The molecule has 0 aromatic carbocycles. The molecule has 0 aliphatic carbocycles. The van der Waals surface area contributed by atoms with Crippen LogP contribution in [0.5, 0.6) is 0 Å². The van der Waals surface area contributed by atoms with E-state index < -0.39 is 0 Å². The zero-order chi connectivity index (χ0) is 11.4. The van der Waals surface area contributed by atoms with Crippen molar-refractivity contribution in [1.82, 2.24) is 5.32 Å². The van der Waals surface area contributed by atoms with Crippen LogP contribution >= 0.6 is 11.8 Å². The molecule has 0 aliphatic rings.